The molecule has 1 aliphatic rings. The molecule has 1 amide bonds. The van der Waals surface area contributed by atoms with E-state index in [0.29, 0.717) is 5.69 Å². The van der Waals surface area contributed by atoms with Crippen LogP contribution >= 0.6 is 11.3 Å². The molecule has 1 saturated heterocycles. The van der Waals surface area contributed by atoms with Gasteiger partial charge in [0.05, 0.1) is 10.2 Å². The molecule has 1 N–H and O–H groups in total. The Balaban J connectivity index is 1.38. The molecule has 0 unspecified atom stereocenters. The number of hydrogen-bond acceptors (Lipinski definition) is 5. The maximum absolute atomic E-state index is 12.2. The van der Waals surface area contributed by atoms with Crippen molar-refractivity contribution >= 4 is 32.6 Å². The fourth-order valence-electron chi connectivity index (χ4n) is 3.32. The summed E-state index contributed by atoms with van der Waals surface area (Å²) in [6.45, 7) is 3.99. The van der Waals surface area contributed by atoms with E-state index in [1.807, 2.05) is 7.05 Å². The van der Waals surface area contributed by atoms with E-state index in [-0.39, 0.29) is 11.9 Å². The van der Waals surface area contributed by atoms with Crippen LogP contribution in [0.15, 0.2) is 30.5 Å². The lowest BCUT2D eigenvalue weighted by molar-refractivity contribution is 0.0925. The number of nitrogens with one attached hydrogen (secondary N) is 1. The van der Waals surface area contributed by atoms with Gasteiger partial charge in [-0.25, -0.2) is 4.98 Å². The van der Waals surface area contributed by atoms with Gasteiger partial charge in [-0.3, -0.25) is 9.48 Å². The van der Waals surface area contributed by atoms with Gasteiger partial charge in [-0.05, 0) is 43.0 Å². The summed E-state index contributed by atoms with van der Waals surface area (Å²) < 4.78 is 2.90. The number of piperidine rings is 1. The van der Waals surface area contributed by atoms with Gasteiger partial charge in [0, 0.05) is 32.4 Å². The van der Waals surface area contributed by atoms with Gasteiger partial charge in [0.1, 0.15) is 5.69 Å². The van der Waals surface area contributed by atoms with Gasteiger partial charge in [0.2, 0.25) is 0 Å². The fourth-order valence-corrected chi connectivity index (χ4v) is 4.40. The van der Waals surface area contributed by atoms with E-state index in [2.05, 4.69) is 40.4 Å². The Bertz CT molecular complexity index is 923. The molecule has 6 nitrogen and oxygen atoms in total. The Morgan fingerprint density at radius 1 is 1.31 bits per heavy atom. The summed E-state index contributed by atoms with van der Waals surface area (Å²) >= 11 is 1.76. The second-order valence-corrected chi connectivity index (χ2v) is 7.77. The van der Waals surface area contributed by atoms with Gasteiger partial charge < -0.3 is 10.2 Å². The van der Waals surface area contributed by atoms with E-state index in [1.54, 1.807) is 28.3 Å². The van der Waals surface area contributed by atoms with Gasteiger partial charge >= 0.3 is 0 Å². The molecule has 0 saturated carbocycles. The summed E-state index contributed by atoms with van der Waals surface area (Å²) in [6, 6.07) is 8.47. The maximum atomic E-state index is 12.2. The van der Waals surface area contributed by atoms with Crippen molar-refractivity contribution in [1.82, 2.24) is 20.1 Å². The number of aromatic nitrogens is 3. The molecule has 1 fully saturated rings. The van der Waals surface area contributed by atoms with Crippen LogP contribution in [0.25, 0.3) is 10.2 Å². The zero-order chi connectivity index (χ0) is 18.1. The average molecular weight is 369 g/mol. The van der Waals surface area contributed by atoms with E-state index in [4.69, 9.17) is 4.98 Å². The number of nitrogens with zero attached hydrogens (tertiary/aromatic N) is 4. The zero-order valence-corrected chi connectivity index (χ0v) is 15.9. The van der Waals surface area contributed by atoms with Crippen LogP contribution in [0.5, 0.6) is 0 Å². The first-order valence-electron chi connectivity index (χ1n) is 9.07. The second-order valence-electron chi connectivity index (χ2n) is 6.76. The molecule has 0 radical (unpaired) electrons. The summed E-state index contributed by atoms with van der Waals surface area (Å²) in [5, 5.41) is 8.35. The second kappa shape index (κ2) is 7.07. The first-order valence-corrected chi connectivity index (χ1v) is 9.89. The molecular formula is C19H23N5OS. The maximum Gasteiger partial charge on any atom is 0.271 e. The molecular weight excluding hydrogens is 346 g/mol. The minimum atomic E-state index is -0.0869. The molecule has 3 aromatic rings. The van der Waals surface area contributed by atoms with Gasteiger partial charge in [0.25, 0.3) is 5.91 Å². The van der Waals surface area contributed by atoms with E-state index in [0.717, 1.165) is 43.0 Å². The quantitative estimate of drug-likeness (QED) is 0.768. The highest BCUT2D eigenvalue weighted by atomic mass is 32.1. The molecule has 26 heavy (non-hydrogen) atoms. The molecule has 7 heteroatoms. The number of rotatable bonds is 4. The number of benzene rings is 1. The predicted molar refractivity (Wildman–Crippen MR) is 105 cm³/mol. The monoisotopic (exact) mass is 369 g/mol. The SMILES string of the molecule is CCc1ccc2nc(N3CCC(NC(=O)c4ccn(C)n4)CC3)sc2c1. The van der Waals surface area contributed by atoms with Crippen molar-refractivity contribution in [2.24, 2.45) is 7.05 Å². The number of hydrogen-bond donors (Lipinski definition) is 1. The van der Waals surface area contributed by atoms with E-state index < -0.39 is 0 Å². The van der Waals surface area contributed by atoms with E-state index in [9.17, 15) is 4.79 Å². The highest BCUT2D eigenvalue weighted by Gasteiger charge is 2.23. The van der Waals surface area contributed by atoms with Crippen molar-refractivity contribution in [1.29, 1.82) is 0 Å². The van der Waals surface area contributed by atoms with E-state index >= 15 is 0 Å². The van der Waals surface area contributed by atoms with Crippen LogP contribution in [-0.4, -0.2) is 39.8 Å². The lowest BCUT2D eigenvalue weighted by Gasteiger charge is -2.31. The third-order valence-electron chi connectivity index (χ3n) is 4.90. The van der Waals surface area contributed by atoms with Crippen molar-refractivity contribution in [3.8, 4) is 0 Å². The van der Waals surface area contributed by atoms with E-state index in [1.165, 1.54) is 10.3 Å². The smallest absolute Gasteiger partial charge is 0.271 e. The number of thiazole rings is 1. The molecule has 0 aliphatic carbocycles. The van der Waals surface area contributed by atoms with Crippen molar-refractivity contribution in [2.45, 2.75) is 32.2 Å². The number of carbonyl (C=O) groups is 1. The molecule has 0 bridgehead atoms. The average Bonchev–Trinajstić information content (AvgIpc) is 3.27. The summed E-state index contributed by atoms with van der Waals surface area (Å²) in [4.78, 5) is 19.4. The first kappa shape index (κ1) is 17.0. The standard InChI is InChI=1S/C19H23N5OS/c1-3-13-4-5-15-17(12-13)26-19(21-15)24-10-6-14(7-11-24)20-18(25)16-8-9-23(2)22-16/h4-5,8-9,12,14H,3,6-7,10-11H2,1-2H3,(H,20,25). The van der Waals surface area contributed by atoms with Crippen LogP contribution in [0.4, 0.5) is 5.13 Å². The summed E-state index contributed by atoms with van der Waals surface area (Å²) in [5.41, 5.74) is 2.91. The predicted octanol–water partition coefficient (Wildman–Crippen LogP) is 2.99. The van der Waals surface area contributed by atoms with Gasteiger partial charge in [-0.1, -0.05) is 24.3 Å². The number of aryl methyl sites for hydroxylation is 2. The van der Waals surface area contributed by atoms with Crippen LogP contribution in [-0.2, 0) is 13.5 Å². The van der Waals surface area contributed by atoms with Crippen molar-refractivity contribution in [3.05, 3.63) is 41.7 Å². The van der Waals surface area contributed by atoms with Crippen molar-refractivity contribution in [2.75, 3.05) is 18.0 Å². The third-order valence-corrected chi connectivity index (χ3v) is 5.98. The summed E-state index contributed by atoms with van der Waals surface area (Å²) in [6.07, 6.45) is 4.68. The van der Waals surface area contributed by atoms with Gasteiger partial charge in [0.15, 0.2) is 5.13 Å². The number of amides is 1. The minimum Gasteiger partial charge on any atom is -0.348 e. The van der Waals surface area contributed by atoms with Crippen LogP contribution in [0.3, 0.4) is 0 Å². The normalized spacial score (nSPS) is 15.5. The Morgan fingerprint density at radius 3 is 2.81 bits per heavy atom. The highest BCUT2D eigenvalue weighted by Crippen LogP contribution is 2.31. The zero-order valence-electron chi connectivity index (χ0n) is 15.1. The summed E-state index contributed by atoms with van der Waals surface area (Å²) in [5.74, 6) is -0.0869. The molecule has 1 aromatic carbocycles. The van der Waals surface area contributed by atoms with Crippen LogP contribution in [0.1, 0.15) is 35.8 Å². The third kappa shape index (κ3) is 3.44. The van der Waals surface area contributed by atoms with Crippen molar-refractivity contribution < 1.29 is 4.79 Å². The Hall–Kier alpha value is -2.41. The summed E-state index contributed by atoms with van der Waals surface area (Å²) in [7, 11) is 1.82. The largest absolute Gasteiger partial charge is 0.348 e. The number of anilines is 1. The topological polar surface area (TPSA) is 63.1 Å². The molecule has 1 aliphatic heterocycles. The molecule has 4 rings (SSSR count). The van der Waals surface area contributed by atoms with Gasteiger partial charge in [-0.2, -0.15) is 5.10 Å². The first-order chi connectivity index (χ1) is 12.6. The molecule has 0 spiro atoms. The Kier molecular flexibility index (Phi) is 4.63. The Labute approximate surface area is 156 Å². The number of fused-ring (bicyclic) bond motifs is 1. The molecule has 0 atom stereocenters. The van der Waals surface area contributed by atoms with Gasteiger partial charge in [-0.15, -0.1) is 0 Å². The molecule has 3 heterocycles. The van der Waals surface area contributed by atoms with Crippen molar-refractivity contribution in [3.63, 3.8) is 0 Å². The minimum absolute atomic E-state index is 0.0869. The number of carbonyl (C=O) groups excluding carboxylic acids is 1. The van der Waals surface area contributed by atoms with Crippen LogP contribution in [0, 0.1) is 0 Å². The van der Waals surface area contributed by atoms with Crippen LogP contribution in [0.2, 0.25) is 0 Å². The molecule has 2 aromatic heterocycles. The lowest BCUT2D eigenvalue weighted by atomic mass is 10.1. The lowest BCUT2D eigenvalue weighted by Crippen LogP contribution is -2.44. The Morgan fingerprint density at radius 2 is 2.12 bits per heavy atom. The highest BCUT2D eigenvalue weighted by molar-refractivity contribution is 7.22. The molecule has 136 valence electrons. The fraction of sp³-hybridized carbons (Fsp3) is 0.421. The van der Waals surface area contributed by atoms with Crippen LogP contribution < -0.4 is 10.2 Å².